The summed E-state index contributed by atoms with van der Waals surface area (Å²) in [5.74, 6) is 0.188. The fourth-order valence-electron chi connectivity index (χ4n) is 1.85. The van der Waals surface area contributed by atoms with Crippen LogP contribution in [0.1, 0.15) is 37.0 Å². The molecule has 0 atom stereocenters. The molecule has 0 fully saturated rings. The Morgan fingerprint density at radius 2 is 2.06 bits per heavy atom. The van der Waals surface area contributed by atoms with Gasteiger partial charge in [0.05, 0.1) is 0 Å². The Bertz CT molecular complexity index is 384. The largest absolute Gasteiger partial charge is 0.384 e. The van der Waals surface area contributed by atoms with Crippen molar-refractivity contribution in [1.82, 2.24) is 9.88 Å². The second kappa shape index (κ2) is 5.87. The molecule has 4 nitrogen and oxygen atoms in total. The van der Waals surface area contributed by atoms with Crippen molar-refractivity contribution in [1.29, 1.82) is 0 Å². The number of nitrogens with two attached hydrogens (primary N) is 1. The molecular weight excluding hydrogens is 238 g/mol. The topological polar surface area (TPSA) is 59.2 Å². The lowest BCUT2D eigenvalue weighted by Crippen LogP contribution is -2.36. The van der Waals surface area contributed by atoms with Crippen molar-refractivity contribution >= 4 is 23.3 Å². The number of pyridine rings is 1. The third kappa shape index (κ3) is 3.33. The summed E-state index contributed by atoms with van der Waals surface area (Å²) in [7, 11) is 1.80. The first kappa shape index (κ1) is 13.8. The molecule has 0 aliphatic heterocycles. The molecule has 17 heavy (non-hydrogen) atoms. The van der Waals surface area contributed by atoms with E-state index in [0.717, 1.165) is 12.8 Å². The fraction of sp³-hybridized carbons (Fsp3) is 0.500. The molecule has 0 spiro atoms. The average molecular weight is 256 g/mol. The number of halogens is 1. The maximum atomic E-state index is 12.2. The third-order valence-corrected chi connectivity index (χ3v) is 3.07. The summed E-state index contributed by atoms with van der Waals surface area (Å²) in [4.78, 5) is 17.8. The Morgan fingerprint density at radius 3 is 2.53 bits per heavy atom. The molecule has 0 radical (unpaired) electrons. The zero-order valence-corrected chi connectivity index (χ0v) is 11.2. The van der Waals surface area contributed by atoms with Crippen molar-refractivity contribution < 1.29 is 4.79 Å². The highest BCUT2D eigenvalue weighted by Gasteiger charge is 2.19. The van der Waals surface area contributed by atoms with Gasteiger partial charge in [0, 0.05) is 18.7 Å². The van der Waals surface area contributed by atoms with Gasteiger partial charge >= 0.3 is 0 Å². The molecule has 0 saturated heterocycles. The Hall–Kier alpha value is -1.29. The molecule has 1 aromatic heterocycles. The van der Waals surface area contributed by atoms with E-state index in [1.807, 2.05) is 0 Å². The Kier molecular flexibility index (Phi) is 4.75. The third-order valence-electron chi connectivity index (χ3n) is 2.87. The van der Waals surface area contributed by atoms with E-state index in [1.165, 1.54) is 0 Å². The van der Waals surface area contributed by atoms with Crippen LogP contribution in [-0.2, 0) is 0 Å². The number of nitrogen functional groups attached to an aromatic ring is 1. The average Bonchev–Trinajstić information content (AvgIpc) is 2.28. The van der Waals surface area contributed by atoms with Crippen LogP contribution in [0.4, 0.5) is 5.82 Å². The van der Waals surface area contributed by atoms with Gasteiger partial charge in [-0.2, -0.15) is 0 Å². The molecule has 0 unspecified atom stereocenters. The van der Waals surface area contributed by atoms with Crippen molar-refractivity contribution in [3.05, 3.63) is 22.8 Å². The quantitative estimate of drug-likeness (QED) is 0.842. The SMILES string of the molecule is CCC(CC)N(C)C(=O)c1cc(N)nc(Cl)c1. The predicted molar refractivity (Wildman–Crippen MR) is 70.1 cm³/mol. The van der Waals surface area contributed by atoms with E-state index in [-0.39, 0.29) is 22.9 Å². The molecule has 1 rings (SSSR count). The fourth-order valence-corrected chi connectivity index (χ4v) is 2.06. The standard InChI is InChI=1S/C12H18ClN3O/c1-4-9(5-2)16(3)12(17)8-6-10(13)15-11(14)7-8/h6-7,9H,4-5H2,1-3H3,(H2,14,15). The number of carbonyl (C=O) groups excluding carboxylic acids is 1. The van der Waals surface area contributed by atoms with Gasteiger partial charge in [-0.15, -0.1) is 0 Å². The highest BCUT2D eigenvalue weighted by atomic mass is 35.5. The van der Waals surface area contributed by atoms with Crippen LogP contribution in [0.5, 0.6) is 0 Å². The monoisotopic (exact) mass is 255 g/mol. The zero-order valence-electron chi connectivity index (χ0n) is 10.4. The molecule has 94 valence electrons. The first-order valence-electron chi connectivity index (χ1n) is 5.69. The summed E-state index contributed by atoms with van der Waals surface area (Å²) in [6, 6.07) is 3.32. The molecular formula is C12H18ClN3O. The van der Waals surface area contributed by atoms with E-state index in [4.69, 9.17) is 17.3 Å². The number of amides is 1. The lowest BCUT2D eigenvalue weighted by atomic mass is 10.1. The first-order chi connectivity index (χ1) is 7.99. The van der Waals surface area contributed by atoms with E-state index in [9.17, 15) is 4.79 Å². The minimum absolute atomic E-state index is 0.0744. The number of rotatable bonds is 4. The summed E-state index contributed by atoms with van der Waals surface area (Å²) in [6.07, 6.45) is 1.85. The summed E-state index contributed by atoms with van der Waals surface area (Å²) in [5, 5.41) is 0.242. The van der Waals surface area contributed by atoms with Crippen molar-refractivity contribution in [3.63, 3.8) is 0 Å². The second-order valence-corrected chi connectivity index (χ2v) is 4.38. The van der Waals surface area contributed by atoms with E-state index in [2.05, 4.69) is 18.8 Å². The Balaban J connectivity index is 2.95. The van der Waals surface area contributed by atoms with Crippen molar-refractivity contribution in [2.45, 2.75) is 32.7 Å². The molecule has 0 aromatic carbocycles. The zero-order chi connectivity index (χ0) is 13.0. The number of hydrogen-bond donors (Lipinski definition) is 1. The van der Waals surface area contributed by atoms with Crippen molar-refractivity contribution in [2.75, 3.05) is 12.8 Å². The van der Waals surface area contributed by atoms with Gasteiger partial charge in [0.1, 0.15) is 11.0 Å². The van der Waals surface area contributed by atoms with Gasteiger partial charge < -0.3 is 10.6 Å². The smallest absolute Gasteiger partial charge is 0.254 e. The molecule has 1 aromatic rings. The predicted octanol–water partition coefficient (Wildman–Crippen LogP) is 2.58. The molecule has 1 amide bonds. The van der Waals surface area contributed by atoms with Crippen LogP contribution >= 0.6 is 11.6 Å². The molecule has 1 heterocycles. The van der Waals surface area contributed by atoms with Crippen LogP contribution in [0, 0.1) is 0 Å². The van der Waals surface area contributed by atoms with Crippen molar-refractivity contribution in [2.24, 2.45) is 0 Å². The molecule has 0 aliphatic rings. The van der Waals surface area contributed by atoms with E-state index >= 15 is 0 Å². The maximum Gasteiger partial charge on any atom is 0.254 e. The Labute approximate surface area is 107 Å². The highest BCUT2D eigenvalue weighted by Crippen LogP contribution is 2.16. The number of hydrogen-bond acceptors (Lipinski definition) is 3. The van der Waals surface area contributed by atoms with Gasteiger partial charge in [0.2, 0.25) is 0 Å². The molecule has 5 heteroatoms. The minimum Gasteiger partial charge on any atom is -0.384 e. The lowest BCUT2D eigenvalue weighted by molar-refractivity contribution is 0.0723. The molecule has 2 N–H and O–H groups in total. The summed E-state index contributed by atoms with van der Waals surface area (Å²) < 4.78 is 0. The molecule has 0 aliphatic carbocycles. The van der Waals surface area contributed by atoms with Crippen LogP contribution in [0.15, 0.2) is 12.1 Å². The highest BCUT2D eigenvalue weighted by molar-refractivity contribution is 6.29. The van der Waals surface area contributed by atoms with Gasteiger partial charge in [-0.25, -0.2) is 4.98 Å². The summed E-state index contributed by atoms with van der Waals surface area (Å²) in [6.45, 7) is 4.12. The van der Waals surface area contributed by atoms with Crippen LogP contribution in [0.3, 0.4) is 0 Å². The maximum absolute atomic E-state index is 12.2. The van der Waals surface area contributed by atoms with Crippen LogP contribution < -0.4 is 5.73 Å². The van der Waals surface area contributed by atoms with Crippen LogP contribution in [-0.4, -0.2) is 28.9 Å². The Morgan fingerprint density at radius 1 is 1.47 bits per heavy atom. The first-order valence-corrected chi connectivity index (χ1v) is 6.07. The number of anilines is 1. The second-order valence-electron chi connectivity index (χ2n) is 3.99. The van der Waals surface area contributed by atoms with Gasteiger partial charge in [-0.1, -0.05) is 25.4 Å². The van der Waals surface area contributed by atoms with Crippen molar-refractivity contribution in [3.8, 4) is 0 Å². The minimum atomic E-state index is -0.0744. The lowest BCUT2D eigenvalue weighted by Gasteiger charge is -2.26. The number of nitrogens with zero attached hydrogens (tertiary/aromatic N) is 2. The van der Waals surface area contributed by atoms with E-state index in [1.54, 1.807) is 24.1 Å². The summed E-state index contributed by atoms with van der Waals surface area (Å²) >= 11 is 5.78. The van der Waals surface area contributed by atoms with Gasteiger partial charge in [-0.05, 0) is 25.0 Å². The van der Waals surface area contributed by atoms with E-state index < -0.39 is 0 Å². The number of carbonyl (C=O) groups is 1. The van der Waals surface area contributed by atoms with Crippen LogP contribution in [0.2, 0.25) is 5.15 Å². The molecule has 0 saturated carbocycles. The molecule has 0 bridgehead atoms. The number of aromatic nitrogens is 1. The summed E-state index contributed by atoms with van der Waals surface area (Å²) in [5.41, 5.74) is 6.06. The normalized spacial score (nSPS) is 10.6. The van der Waals surface area contributed by atoms with Gasteiger partial charge in [0.25, 0.3) is 5.91 Å². The van der Waals surface area contributed by atoms with Crippen LogP contribution in [0.25, 0.3) is 0 Å². The van der Waals surface area contributed by atoms with Gasteiger partial charge in [0.15, 0.2) is 0 Å². The van der Waals surface area contributed by atoms with Gasteiger partial charge in [-0.3, -0.25) is 4.79 Å². The van der Waals surface area contributed by atoms with E-state index in [0.29, 0.717) is 5.56 Å².